The van der Waals surface area contributed by atoms with Crippen molar-refractivity contribution in [3.63, 3.8) is 0 Å². The molecule has 1 aromatic heterocycles. The summed E-state index contributed by atoms with van der Waals surface area (Å²) in [5, 5.41) is 0.814. The summed E-state index contributed by atoms with van der Waals surface area (Å²) in [5.41, 5.74) is 2.58. The van der Waals surface area contributed by atoms with Crippen LogP contribution >= 0.6 is 0 Å². The van der Waals surface area contributed by atoms with Gasteiger partial charge in [0.15, 0.2) is 6.61 Å². The summed E-state index contributed by atoms with van der Waals surface area (Å²) >= 11 is 0. The third-order valence-electron chi connectivity index (χ3n) is 4.76. The van der Waals surface area contributed by atoms with Gasteiger partial charge in [-0.25, -0.2) is 4.98 Å². The van der Waals surface area contributed by atoms with Crippen LogP contribution in [0.3, 0.4) is 0 Å². The van der Waals surface area contributed by atoms with E-state index in [1.807, 2.05) is 54.6 Å². The summed E-state index contributed by atoms with van der Waals surface area (Å²) in [7, 11) is 1.62. The highest BCUT2D eigenvalue weighted by Gasteiger charge is 2.18. The van der Waals surface area contributed by atoms with E-state index < -0.39 is 0 Å². The molecule has 6 heteroatoms. The van der Waals surface area contributed by atoms with E-state index in [0.29, 0.717) is 37.8 Å². The van der Waals surface area contributed by atoms with Gasteiger partial charge in [-0.1, -0.05) is 30.3 Å². The van der Waals surface area contributed by atoms with Crippen LogP contribution < -0.4 is 9.47 Å². The third-order valence-corrected chi connectivity index (χ3v) is 4.76. The third kappa shape index (κ3) is 3.92. The highest BCUT2D eigenvalue weighted by atomic mass is 16.5. The van der Waals surface area contributed by atoms with Crippen molar-refractivity contribution in [3.8, 4) is 22.8 Å². The number of rotatable bonds is 5. The number of benzene rings is 2. The van der Waals surface area contributed by atoms with Gasteiger partial charge in [-0.05, 0) is 18.2 Å². The molecule has 144 valence electrons. The van der Waals surface area contributed by atoms with Crippen molar-refractivity contribution in [3.05, 3.63) is 54.6 Å². The number of amides is 1. The predicted octanol–water partition coefficient (Wildman–Crippen LogP) is 3.15. The van der Waals surface area contributed by atoms with Gasteiger partial charge in [-0.2, -0.15) is 0 Å². The maximum Gasteiger partial charge on any atom is 0.260 e. The summed E-state index contributed by atoms with van der Waals surface area (Å²) in [6.45, 7) is 2.31. The maximum atomic E-state index is 12.5. The summed E-state index contributed by atoms with van der Waals surface area (Å²) in [6, 6.07) is 17.4. The predicted molar refractivity (Wildman–Crippen MR) is 107 cm³/mol. The smallest absolute Gasteiger partial charge is 0.260 e. The molecule has 0 spiro atoms. The number of aromatic nitrogens is 1. The molecule has 1 aliphatic rings. The molecule has 0 bridgehead atoms. The summed E-state index contributed by atoms with van der Waals surface area (Å²) in [4.78, 5) is 19.0. The van der Waals surface area contributed by atoms with Gasteiger partial charge in [-0.3, -0.25) is 4.79 Å². The van der Waals surface area contributed by atoms with Crippen LogP contribution in [0.4, 0.5) is 0 Å². The van der Waals surface area contributed by atoms with Crippen molar-refractivity contribution in [2.45, 2.75) is 0 Å². The van der Waals surface area contributed by atoms with Crippen molar-refractivity contribution in [2.24, 2.45) is 0 Å². The van der Waals surface area contributed by atoms with Crippen LogP contribution in [0, 0.1) is 0 Å². The maximum absolute atomic E-state index is 12.5. The van der Waals surface area contributed by atoms with Gasteiger partial charge < -0.3 is 19.1 Å². The lowest BCUT2D eigenvalue weighted by Gasteiger charge is -2.26. The minimum atomic E-state index is -0.0441. The lowest BCUT2D eigenvalue weighted by Crippen LogP contribution is -2.43. The van der Waals surface area contributed by atoms with E-state index in [9.17, 15) is 4.79 Å². The Kier molecular flexibility index (Phi) is 5.39. The number of carbonyl (C=O) groups is 1. The Morgan fingerprint density at radius 3 is 2.64 bits per heavy atom. The Hall–Kier alpha value is -3.12. The van der Waals surface area contributed by atoms with Gasteiger partial charge in [0.1, 0.15) is 11.5 Å². The average Bonchev–Trinajstić information content (AvgIpc) is 2.77. The van der Waals surface area contributed by atoms with E-state index in [4.69, 9.17) is 19.2 Å². The number of methoxy groups -OCH3 is 1. The topological polar surface area (TPSA) is 60.9 Å². The first-order chi connectivity index (χ1) is 13.7. The lowest BCUT2D eigenvalue weighted by atomic mass is 10.1. The molecular weight excluding hydrogens is 356 g/mol. The SMILES string of the molecule is COc1ccc2nc(-c3ccccc3)cc(OCC(=O)N3CCOCC3)c2c1. The minimum Gasteiger partial charge on any atom is -0.497 e. The number of hydrogen-bond acceptors (Lipinski definition) is 5. The second kappa shape index (κ2) is 8.27. The summed E-state index contributed by atoms with van der Waals surface area (Å²) < 4.78 is 16.6. The first-order valence-corrected chi connectivity index (χ1v) is 9.27. The molecule has 2 aromatic carbocycles. The number of carbonyl (C=O) groups excluding carboxylic acids is 1. The lowest BCUT2D eigenvalue weighted by molar-refractivity contribution is -0.137. The number of morpholine rings is 1. The van der Waals surface area contributed by atoms with Crippen LogP contribution in [0.2, 0.25) is 0 Å². The number of nitrogens with zero attached hydrogens (tertiary/aromatic N) is 2. The van der Waals surface area contributed by atoms with Crippen molar-refractivity contribution >= 4 is 16.8 Å². The zero-order chi connectivity index (χ0) is 19.3. The van der Waals surface area contributed by atoms with Crippen molar-refractivity contribution in [1.29, 1.82) is 0 Å². The molecule has 28 heavy (non-hydrogen) atoms. The molecule has 1 amide bonds. The van der Waals surface area contributed by atoms with Gasteiger partial charge >= 0.3 is 0 Å². The van der Waals surface area contributed by atoms with Crippen LogP contribution in [0.25, 0.3) is 22.2 Å². The van der Waals surface area contributed by atoms with Gasteiger partial charge in [0.2, 0.25) is 0 Å². The van der Waals surface area contributed by atoms with E-state index in [-0.39, 0.29) is 12.5 Å². The molecular formula is C22H22N2O4. The summed E-state index contributed by atoms with van der Waals surface area (Å²) in [6.07, 6.45) is 0. The largest absolute Gasteiger partial charge is 0.497 e. The van der Waals surface area contributed by atoms with Crippen molar-refractivity contribution < 1.29 is 19.0 Å². The van der Waals surface area contributed by atoms with Crippen LogP contribution in [0.15, 0.2) is 54.6 Å². The van der Waals surface area contributed by atoms with Crippen LogP contribution in [-0.2, 0) is 9.53 Å². The van der Waals surface area contributed by atoms with E-state index in [1.54, 1.807) is 12.0 Å². The Balaban J connectivity index is 1.66. The molecule has 0 atom stereocenters. The van der Waals surface area contributed by atoms with E-state index >= 15 is 0 Å². The molecule has 3 aromatic rings. The van der Waals surface area contributed by atoms with Crippen LogP contribution in [0.5, 0.6) is 11.5 Å². The second-order valence-corrected chi connectivity index (χ2v) is 6.54. The molecule has 4 rings (SSSR count). The first-order valence-electron chi connectivity index (χ1n) is 9.27. The Morgan fingerprint density at radius 2 is 1.89 bits per heavy atom. The Labute approximate surface area is 163 Å². The average molecular weight is 378 g/mol. The molecule has 1 aliphatic heterocycles. The molecule has 1 saturated heterocycles. The standard InChI is InChI=1S/C22H22N2O4/c1-26-17-7-8-19-18(13-17)21(14-20(23-19)16-5-3-2-4-6-16)28-15-22(25)24-9-11-27-12-10-24/h2-8,13-14H,9-12,15H2,1H3. The fraction of sp³-hybridized carbons (Fsp3) is 0.273. The second-order valence-electron chi connectivity index (χ2n) is 6.54. The Morgan fingerprint density at radius 1 is 1.11 bits per heavy atom. The minimum absolute atomic E-state index is 0.0233. The fourth-order valence-electron chi connectivity index (χ4n) is 3.22. The fourth-order valence-corrected chi connectivity index (χ4v) is 3.22. The van der Waals surface area contributed by atoms with Crippen molar-refractivity contribution in [2.75, 3.05) is 40.0 Å². The van der Waals surface area contributed by atoms with E-state index in [1.165, 1.54) is 0 Å². The van der Waals surface area contributed by atoms with E-state index in [0.717, 1.165) is 22.2 Å². The highest BCUT2D eigenvalue weighted by Crippen LogP contribution is 2.32. The monoisotopic (exact) mass is 378 g/mol. The molecule has 0 saturated carbocycles. The van der Waals surface area contributed by atoms with E-state index in [2.05, 4.69) is 0 Å². The quantitative estimate of drug-likeness (QED) is 0.683. The first kappa shape index (κ1) is 18.3. The molecule has 0 N–H and O–H groups in total. The van der Waals surface area contributed by atoms with Gasteiger partial charge in [-0.15, -0.1) is 0 Å². The molecule has 1 fully saturated rings. The molecule has 2 heterocycles. The number of hydrogen-bond donors (Lipinski definition) is 0. The van der Waals surface area contributed by atoms with Crippen LogP contribution in [-0.4, -0.2) is 55.8 Å². The highest BCUT2D eigenvalue weighted by molar-refractivity contribution is 5.89. The molecule has 0 aliphatic carbocycles. The van der Waals surface area contributed by atoms with Gasteiger partial charge in [0, 0.05) is 30.1 Å². The summed E-state index contributed by atoms with van der Waals surface area (Å²) in [5.74, 6) is 1.29. The Bertz CT molecular complexity index is 969. The molecule has 0 unspecified atom stereocenters. The van der Waals surface area contributed by atoms with Crippen LogP contribution in [0.1, 0.15) is 0 Å². The normalized spacial score (nSPS) is 14.1. The van der Waals surface area contributed by atoms with Gasteiger partial charge in [0.25, 0.3) is 5.91 Å². The number of fused-ring (bicyclic) bond motifs is 1. The number of ether oxygens (including phenoxy) is 3. The molecule has 0 radical (unpaired) electrons. The zero-order valence-corrected chi connectivity index (χ0v) is 15.8. The molecule has 6 nitrogen and oxygen atoms in total. The van der Waals surface area contributed by atoms with Gasteiger partial charge in [0.05, 0.1) is 31.5 Å². The van der Waals surface area contributed by atoms with Crippen molar-refractivity contribution in [1.82, 2.24) is 9.88 Å². The zero-order valence-electron chi connectivity index (χ0n) is 15.8. The number of pyridine rings is 1.